The summed E-state index contributed by atoms with van der Waals surface area (Å²) < 4.78 is 12.1. The third-order valence-electron chi connectivity index (χ3n) is 6.37. The van der Waals surface area contributed by atoms with Gasteiger partial charge < -0.3 is 9.47 Å². The number of benzene rings is 1. The van der Waals surface area contributed by atoms with E-state index in [1.54, 1.807) is 7.11 Å². The van der Waals surface area contributed by atoms with E-state index in [0.29, 0.717) is 0 Å². The molecule has 24 heavy (non-hydrogen) atoms. The molecular weight excluding hydrogens is 298 g/mol. The highest BCUT2D eigenvalue weighted by molar-refractivity contribution is 5.27. The number of fused-ring (bicyclic) bond motifs is 1. The van der Waals surface area contributed by atoms with Crippen LogP contribution in [-0.2, 0) is 11.2 Å². The van der Waals surface area contributed by atoms with E-state index in [1.165, 1.54) is 69.9 Å². The van der Waals surface area contributed by atoms with Crippen LogP contribution in [0.2, 0.25) is 0 Å². The van der Waals surface area contributed by atoms with E-state index in [9.17, 15) is 0 Å². The van der Waals surface area contributed by atoms with Crippen LogP contribution >= 0.6 is 0 Å². The third-order valence-corrected chi connectivity index (χ3v) is 6.37. The minimum atomic E-state index is 0.174. The molecule has 0 aromatic heterocycles. The summed E-state index contributed by atoms with van der Waals surface area (Å²) in [4.78, 5) is 2.67. The number of nitrogens with zero attached hydrogens (tertiary/aromatic N) is 1. The fourth-order valence-corrected chi connectivity index (χ4v) is 5.10. The van der Waals surface area contributed by atoms with Gasteiger partial charge in [0.15, 0.2) is 0 Å². The summed E-state index contributed by atoms with van der Waals surface area (Å²) in [6.45, 7) is 1.21. The molecule has 0 radical (unpaired) electrons. The van der Waals surface area contributed by atoms with Crippen LogP contribution in [0.3, 0.4) is 0 Å². The first-order chi connectivity index (χ1) is 11.8. The first kappa shape index (κ1) is 16.4. The summed E-state index contributed by atoms with van der Waals surface area (Å²) >= 11 is 0. The van der Waals surface area contributed by atoms with Gasteiger partial charge in [-0.2, -0.15) is 0 Å². The molecule has 4 rings (SSSR count). The fraction of sp³-hybridized carbons (Fsp3) is 0.714. The Hall–Kier alpha value is -1.06. The molecule has 0 amide bonds. The van der Waals surface area contributed by atoms with Gasteiger partial charge in [0.25, 0.3) is 0 Å². The Balaban J connectivity index is 1.53. The number of hydrogen-bond acceptors (Lipinski definition) is 3. The molecule has 3 nitrogen and oxygen atoms in total. The van der Waals surface area contributed by atoms with E-state index < -0.39 is 0 Å². The molecule has 2 unspecified atom stereocenters. The van der Waals surface area contributed by atoms with E-state index in [4.69, 9.17) is 9.47 Å². The van der Waals surface area contributed by atoms with Crippen LogP contribution in [0.25, 0.3) is 0 Å². The standard InChI is InChI=1S/C21H31NO2/c1-23-19-10-8-17(9-11-19)15-20-22-14-6-3-7-18(22)16-21(24-20)12-4-2-5-13-21/h8-11,18,20H,2-7,12-16H2,1H3. The van der Waals surface area contributed by atoms with Crippen LogP contribution in [0.15, 0.2) is 24.3 Å². The second-order valence-electron chi connectivity index (χ2n) is 7.96. The normalized spacial score (nSPS) is 30.0. The van der Waals surface area contributed by atoms with E-state index in [2.05, 4.69) is 29.2 Å². The highest BCUT2D eigenvalue weighted by atomic mass is 16.5. The molecule has 132 valence electrons. The van der Waals surface area contributed by atoms with Crippen molar-refractivity contribution >= 4 is 0 Å². The monoisotopic (exact) mass is 329 g/mol. The van der Waals surface area contributed by atoms with Gasteiger partial charge in [-0.25, -0.2) is 0 Å². The third kappa shape index (κ3) is 3.34. The lowest BCUT2D eigenvalue weighted by Gasteiger charge is -2.54. The van der Waals surface area contributed by atoms with Gasteiger partial charge in [0.1, 0.15) is 12.0 Å². The summed E-state index contributed by atoms with van der Waals surface area (Å²) in [7, 11) is 1.73. The molecule has 1 spiro atoms. The zero-order valence-electron chi connectivity index (χ0n) is 15.0. The number of methoxy groups -OCH3 is 1. The molecule has 3 aliphatic rings. The predicted molar refractivity (Wildman–Crippen MR) is 96.3 cm³/mol. The van der Waals surface area contributed by atoms with Crippen molar-refractivity contribution in [3.63, 3.8) is 0 Å². The van der Waals surface area contributed by atoms with Crippen molar-refractivity contribution < 1.29 is 9.47 Å². The van der Waals surface area contributed by atoms with Gasteiger partial charge in [-0.3, -0.25) is 4.90 Å². The van der Waals surface area contributed by atoms with Crippen molar-refractivity contribution in [2.75, 3.05) is 13.7 Å². The second kappa shape index (κ2) is 7.05. The first-order valence-electron chi connectivity index (χ1n) is 9.85. The molecule has 3 heteroatoms. The second-order valence-corrected chi connectivity index (χ2v) is 7.96. The zero-order chi connectivity index (χ0) is 16.4. The Labute approximate surface area is 146 Å². The summed E-state index contributed by atoms with van der Waals surface area (Å²) in [5.74, 6) is 0.933. The van der Waals surface area contributed by atoms with Gasteiger partial charge in [-0.15, -0.1) is 0 Å². The van der Waals surface area contributed by atoms with Gasteiger partial charge in [0.05, 0.1) is 12.7 Å². The average molecular weight is 329 g/mol. The topological polar surface area (TPSA) is 21.7 Å². The molecule has 1 aromatic rings. The van der Waals surface area contributed by atoms with Gasteiger partial charge in [0.2, 0.25) is 0 Å². The molecule has 2 heterocycles. The van der Waals surface area contributed by atoms with Crippen LogP contribution in [0.1, 0.15) is 63.4 Å². The Kier molecular flexibility index (Phi) is 4.82. The molecule has 2 aliphatic heterocycles. The summed E-state index contributed by atoms with van der Waals surface area (Å²) in [6.07, 6.45) is 13.3. The molecule has 3 fully saturated rings. The highest BCUT2D eigenvalue weighted by Gasteiger charge is 2.46. The molecule has 0 N–H and O–H groups in total. The van der Waals surface area contributed by atoms with Crippen LogP contribution in [-0.4, -0.2) is 36.4 Å². The molecule has 0 bridgehead atoms. The van der Waals surface area contributed by atoms with E-state index in [0.717, 1.165) is 18.2 Å². The van der Waals surface area contributed by atoms with E-state index in [-0.39, 0.29) is 11.8 Å². The largest absolute Gasteiger partial charge is 0.497 e. The minimum Gasteiger partial charge on any atom is -0.497 e. The summed E-state index contributed by atoms with van der Waals surface area (Å²) in [5, 5.41) is 0. The molecular formula is C21H31NO2. The Morgan fingerprint density at radius 3 is 2.62 bits per heavy atom. The molecule has 2 saturated heterocycles. The van der Waals surface area contributed by atoms with Gasteiger partial charge in [-0.1, -0.05) is 37.8 Å². The smallest absolute Gasteiger partial charge is 0.118 e. The number of ether oxygens (including phenoxy) is 2. The van der Waals surface area contributed by atoms with Crippen molar-refractivity contribution in [3.05, 3.63) is 29.8 Å². The lowest BCUT2D eigenvalue weighted by molar-refractivity contribution is -0.231. The number of rotatable bonds is 3. The van der Waals surface area contributed by atoms with Crippen molar-refractivity contribution in [1.82, 2.24) is 4.90 Å². The van der Waals surface area contributed by atoms with Crippen molar-refractivity contribution in [2.24, 2.45) is 0 Å². The van der Waals surface area contributed by atoms with Crippen LogP contribution < -0.4 is 4.74 Å². The van der Waals surface area contributed by atoms with Gasteiger partial charge in [-0.05, 0) is 49.8 Å². The first-order valence-corrected chi connectivity index (χ1v) is 9.85. The van der Waals surface area contributed by atoms with Crippen molar-refractivity contribution in [3.8, 4) is 5.75 Å². The Morgan fingerprint density at radius 1 is 1.08 bits per heavy atom. The maximum Gasteiger partial charge on any atom is 0.118 e. The molecule has 2 atom stereocenters. The minimum absolute atomic E-state index is 0.174. The lowest BCUT2D eigenvalue weighted by Crippen LogP contribution is -2.60. The van der Waals surface area contributed by atoms with Crippen molar-refractivity contribution in [2.45, 2.75) is 82.1 Å². The maximum absolute atomic E-state index is 6.84. The summed E-state index contributed by atoms with van der Waals surface area (Å²) in [6, 6.07) is 9.28. The van der Waals surface area contributed by atoms with E-state index in [1.807, 2.05) is 0 Å². The maximum atomic E-state index is 6.84. The predicted octanol–water partition coefficient (Wildman–Crippen LogP) is 4.54. The molecule has 1 saturated carbocycles. The van der Waals surface area contributed by atoms with Crippen LogP contribution in [0.5, 0.6) is 5.75 Å². The highest BCUT2D eigenvalue weighted by Crippen LogP contribution is 2.44. The van der Waals surface area contributed by atoms with Crippen molar-refractivity contribution in [1.29, 1.82) is 0 Å². The quantitative estimate of drug-likeness (QED) is 0.812. The lowest BCUT2D eigenvalue weighted by atomic mass is 9.77. The van der Waals surface area contributed by atoms with Crippen LogP contribution in [0.4, 0.5) is 0 Å². The SMILES string of the molecule is COc1ccc(CC2OC3(CCCCC3)CC3CCCCN32)cc1. The van der Waals surface area contributed by atoms with Crippen LogP contribution in [0, 0.1) is 0 Å². The van der Waals surface area contributed by atoms with E-state index >= 15 is 0 Å². The Bertz CT molecular complexity index is 535. The average Bonchev–Trinajstić information content (AvgIpc) is 2.63. The van der Waals surface area contributed by atoms with Gasteiger partial charge in [0, 0.05) is 19.0 Å². The number of hydrogen-bond donors (Lipinski definition) is 0. The number of piperidine rings is 1. The summed E-state index contributed by atoms with van der Waals surface area (Å²) in [5.41, 5.74) is 1.53. The fourth-order valence-electron chi connectivity index (χ4n) is 5.10. The van der Waals surface area contributed by atoms with Gasteiger partial charge >= 0.3 is 0 Å². The Morgan fingerprint density at radius 2 is 1.88 bits per heavy atom. The molecule has 1 aliphatic carbocycles. The molecule has 1 aromatic carbocycles. The zero-order valence-corrected chi connectivity index (χ0v) is 15.0.